The van der Waals surface area contributed by atoms with Crippen LogP contribution < -0.4 is 10.2 Å². The molecule has 0 atom stereocenters. The fourth-order valence-electron chi connectivity index (χ4n) is 1.61. The van der Waals surface area contributed by atoms with Crippen LogP contribution in [0.2, 0.25) is 0 Å². The van der Waals surface area contributed by atoms with Crippen LogP contribution in [0.4, 0.5) is 6.01 Å². The van der Waals surface area contributed by atoms with Gasteiger partial charge in [-0.15, -0.1) is 5.10 Å². The van der Waals surface area contributed by atoms with Crippen molar-refractivity contribution in [3.63, 3.8) is 0 Å². The summed E-state index contributed by atoms with van der Waals surface area (Å²) in [5.74, 6) is 0.586. The maximum Gasteiger partial charge on any atom is 0.318 e. The Kier molecular flexibility index (Phi) is 4.34. The van der Waals surface area contributed by atoms with Crippen molar-refractivity contribution < 1.29 is 4.42 Å². The van der Waals surface area contributed by atoms with Crippen molar-refractivity contribution in [2.45, 2.75) is 39.4 Å². The molecule has 0 spiro atoms. The van der Waals surface area contributed by atoms with E-state index in [9.17, 15) is 0 Å². The lowest BCUT2D eigenvalue weighted by Crippen LogP contribution is -2.35. The van der Waals surface area contributed by atoms with Crippen molar-refractivity contribution in [2.75, 3.05) is 11.9 Å². The molecule has 2 aromatic rings. The van der Waals surface area contributed by atoms with Gasteiger partial charge in [0.05, 0.1) is 18.8 Å². The van der Waals surface area contributed by atoms with E-state index in [0.717, 1.165) is 5.69 Å². The van der Waals surface area contributed by atoms with E-state index in [-0.39, 0.29) is 5.54 Å². The zero-order chi connectivity index (χ0) is 14.6. The van der Waals surface area contributed by atoms with E-state index in [0.29, 0.717) is 25.0 Å². The topological polar surface area (TPSA) is 67.1 Å². The summed E-state index contributed by atoms with van der Waals surface area (Å²) in [7, 11) is 1.91. The highest BCUT2D eigenvalue weighted by Gasteiger charge is 2.14. The van der Waals surface area contributed by atoms with Crippen LogP contribution in [0.15, 0.2) is 28.8 Å². The van der Waals surface area contributed by atoms with Crippen molar-refractivity contribution in [3.8, 4) is 0 Å². The average Bonchev–Trinajstić information content (AvgIpc) is 2.86. The fraction of sp³-hybridized carbons (Fsp3) is 0.500. The molecule has 0 radical (unpaired) electrons. The van der Waals surface area contributed by atoms with Crippen LogP contribution in [0.1, 0.15) is 32.4 Å². The number of hydrogen-bond donors (Lipinski definition) is 1. The van der Waals surface area contributed by atoms with Crippen molar-refractivity contribution in [1.82, 2.24) is 20.5 Å². The van der Waals surface area contributed by atoms with Gasteiger partial charge in [-0.2, -0.15) is 0 Å². The van der Waals surface area contributed by atoms with E-state index in [4.69, 9.17) is 4.42 Å². The van der Waals surface area contributed by atoms with Crippen LogP contribution in [0.3, 0.4) is 0 Å². The molecule has 20 heavy (non-hydrogen) atoms. The molecular formula is C14H21N5O. The average molecular weight is 275 g/mol. The first kappa shape index (κ1) is 14.5. The molecule has 2 rings (SSSR count). The van der Waals surface area contributed by atoms with Crippen LogP contribution in [-0.2, 0) is 13.1 Å². The number of aromatic nitrogens is 3. The third-order valence-corrected chi connectivity index (χ3v) is 2.68. The zero-order valence-electron chi connectivity index (χ0n) is 12.4. The van der Waals surface area contributed by atoms with Crippen molar-refractivity contribution in [1.29, 1.82) is 0 Å². The summed E-state index contributed by atoms with van der Waals surface area (Å²) in [4.78, 5) is 6.16. The molecule has 0 saturated carbocycles. The molecule has 108 valence electrons. The summed E-state index contributed by atoms with van der Waals surface area (Å²) < 4.78 is 5.63. The van der Waals surface area contributed by atoms with E-state index < -0.39 is 0 Å². The minimum absolute atomic E-state index is 0.0223. The Balaban J connectivity index is 1.94. The number of nitrogens with one attached hydrogen (secondary N) is 1. The summed E-state index contributed by atoms with van der Waals surface area (Å²) in [6.45, 7) is 7.48. The summed E-state index contributed by atoms with van der Waals surface area (Å²) in [5.41, 5.74) is 0.983. The van der Waals surface area contributed by atoms with Crippen LogP contribution in [0.25, 0.3) is 0 Å². The van der Waals surface area contributed by atoms with Gasteiger partial charge in [0, 0.05) is 18.8 Å². The maximum atomic E-state index is 5.63. The molecule has 0 fully saturated rings. The molecule has 6 nitrogen and oxygen atoms in total. The monoisotopic (exact) mass is 275 g/mol. The lowest BCUT2D eigenvalue weighted by Gasteiger charge is -2.18. The highest BCUT2D eigenvalue weighted by Crippen LogP contribution is 2.13. The van der Waals surface area contributed by atoms with Crippen molar-refractivity contribution in [2.24, 2.45) is 0 Å². The van der Waals surface area contributed by atoms with Crippen LogP contribution >= 0.6 is 0 Å². The third kappa shape index (κ3) is 4.31. The largest absolute Gasteiger partial charge is 0.407 e. The second-order valence-electron chi connectivity index (χ2n) is 5.76. The molecular weight excluding hydrogens is 254 g/mol. The van der Waals surface area contributed by atoms with Crippen LogP contribution in [0, 0.1) is 0 Å². The first-order chi connectivity index (χ1) is 9.44. The molecule has 2 aromatic heterocycles. The van der Waals surface area contributed by atoms with E-state index in [1.54, 1.807) is 6.20 Å². The first-order valence-electron chi connectivity index (χ1n) is 6.62. The Bertz CT molecular complexity index is 532. The summed E-state index contributed by atoms with van der Waals surface area (Å²) >= 11 is 0. The number of rotatable bonds is 5. The molecule has 0 unspecified atom stereocenters. The predicted molar refractivity (Wildman–Crippen MR) is 77.2 cm³/mol. The molecule has 6 heteroatoms. The number of nitrogens with zero attached hydrogens (tertiary/aromatic N) is 4. The fourth-order valence-corrected chi connectivity index (χ4v) is 1.61. The molecule has 1 N–H and O–H groups in total. The Morgan fingerprint density at radius 3 is 2.70 bits per heavy atom. The second-order valence-corrected chi connectivity index (χ2v) is 5.76. The van der Waals surface area contributed by atoms with Gasteiger partial charge in [0.15, 0.2) is 0 Å². The van der Waals surface area contributed by atoms with Gasteiger partial charge in [-0.25, -0.2) is 0 Å². The minimum atomic E-state index is 0.0223. The molecule has 0 aliphatic carbocycles. The second kappa shape index (κ2) is 6.00. The quantitative estimate of drug-likeness (QED) is 0.900. The SMILES string of the molecule is CN(Cc1ccccn1)c1nnc(CNC(C)(C)C)o1. The van der Waals surface area contributed by atoms with Gasteiger partial charge in [0.2, 0.25) is 5.89 Å². The Hall–Kier alpha value is -1.95. The molecule has 0 amide bonds. The molecule has 0 saturated heterocycles. The Morgan fingerprint density at radius 2 is 2.05 bits per heavy atom. The smallest absolute Gasteiger partial charge is 0.318 e. The van der Waals surface area contributed by atoms with E-state index in [1.807, 2.05) is 30.1 Å². The van der Waals surface area contributed by atoms with Gasteiger partial charge >= 0.3 is 6.01 Å². The van der Waals surface area contributed by atoms with E-state index in [1.165, 1.54) is 0 Å². The van der Waals surface area contributed by atoms with Crippen LogP contribution in [-0.4, -0.2) is 27.8 Å². The summed E-state index contributed by atoms with van der Waals surface area (Å²) in [5, 5.41) is 11.4. The van der Waals surface area contributed by atoms with Crippen LogP contribution in [0.5, 0.6) is 0 Å². The highest BCUT2D eigenvalue weighted by molar-refractivity contribution is 5.24. The van der Waals surface area contributed by atoms with Crippen molar-refractivity contribution >= 4 is 6.01 Å². The summed E-state index contributed by atoms with van der Waals surface area (Å²) in [6.07, 6.45) is 1.77. The van der Waals surface area contributed by atoms with E-state index >= 15 is 0 Å². The Morgan fingerprint density at radius 1 is 1.25 bits per heavy atom. The normalized spacial score (nSPS) is 11.6. The Labute approximate surface area is 119 Å². The summed E-state index contributed by atoms with van der Waals surface area (Å²) in [6, 6.07) is 6.32. The lowest BCUT2D eigenvalue weighted by molar-refractivity contribution is 0.381. The standard InChI is InChI=1S/C14H21N5O/c1-14(2,3)16-9-12-17-18-13(20-12)19(4)10-11-7-5-6-8-15-11/h5-8,16H,9-10H2,1-4H3. The molecule has 2 heterocycles. The van der Waals surface area contributed by atoms with Gasteiger partial charge in [-0.3, -0.25) is 4.98 Å². The number of anilines is 1. The van der Waals surface area contributed by atoms with Gasteiger partial charge < -0.3 is 14.6 Å². The lowest BCUT2D eigenvalue weighted by atomic mass is 10.1. The van der Waals surface area contributed by atoms with Gasteiger partial charge in [-0.05, 0) is 32.9 Å². The molecule has 0 aliphatic rings. The molecule has 0 aliphatic heterocycles. The van der Waals surface area contributed by atoms with Gasteiger partial charge in [0.25, 0.3) is 0 Å². The predicted octanol–water partition coefficient (Wildman–Crippen LogP) is 1.99. The number of hydrogen-bond acceptors (Lipinski definition) is 6. The third-order valence-electron chi connectivity index (χ3n) is 2.68. The van der Waals surface area contributed by atoms with Gasteiger partial charge in [0.1, 0.15) is 0 Å². The maximum absolute atomic E-state index is 5.63. The van der Waals surface area contributed by atoms with Gasteiger partial charge in [-0.1, -0.05) is 11.2 Å². The van der Waals surface area contributed by atoms with E-state index in [2.05, 4.69) is 41.3 Å². The van der Waals surface area contributed by atoms with Crippen molar-refractivity contribution in [3.05, 3.63) is 36.0 Å². The number of pyridine rings is 1. The molecule has 0 bridgehead atoms. The first-order valence-corrected chi connectivity index (χ1v) is 6.62. The zero-order valence-corrected chi connectivity index (χ0v) is 12.4. The molecule has 0 aromatic carbocycles. The minimum Gasteiger partial charge on any atom is -0.407 e. The highest BCUT2D eigenvalue weighted by atomic mass is 16.4.